The molecule has 1 aromatic carbocycles. The quantitative estimate of drug-likeness (QED) is 0.506. The summed E-state index contributed by atoms with van der Waals surface area (Å²) >= 11 is 2.15. The number of likely N-dealkylation sites (tertiary alicyclic amines) is 1. The van der Waals surface area contributed by atoms with Crippen LogP contribution in [0.1, 0.15) is 64.2 Å². The number of quaternary nitrogens is 1. The zero-order valence-electron chi connectivity index (χ0n) is 16.9. The van der Waals surface area contributed by atoms with Gasteiger partial charge in [0.15, 0.2) is 0 Å². The molecule has 0 unspecified atom stereocenters. The standard InChI is InChI=1S/C21H30INO4/c1-6-20(2,3)27-19(25)23-13-11-15(12-14-23)21(4,5)26-18(24)16-9-7-8-10-17(16)22/h7-10,15H,6,11-14H2,1-5H3/p+1. The van der Waals surface area contributed by atoms with E-state index in [9.17, 15) is 9.59 Å². The minimum Gasteiger partial charge on any atom is -0.456 e. The molecule has 2 rings (SSSR count). The first-order valence-electron chi connectivity index (χ1n) is 9.61. The van der Waals surface area contributed by atoms with Crippen molar-refractivity contribution in [3.8, 4) is 0 Å². The van der Waals surface area contributed by atoms with Crippen molar-refractivity contribution >= 4 is 34.7 Å². The van der Waals surface area contributed by atoms with Crippen molar-refractivity contribution in [1.82, 2.24) is 0 Å². The van der Waals surface area contributed by atoms with Gasteiger partial charge < -0.3 is 9.47 Å². The van der Waals surface area contributed by atoms with Crippen molar-refractivity contribution in [3.63, 3.8) is 0 Å². The molecule has 0 spiro atoms. The molecule has 0 saturated carbocycles. The zero-order valence-corrected chi connectivity index (χ0v) is 19.1. The molecule has 1 fully saturated rings. The number of carbonyl (C=O) groups is 2. The topological polar surface area (TPSA) is 57.0 Å². The molecule has 5 nitrogen and oxygen atoms in total. The Balaban J connectivity index is 1.93. The van der Waals surface area contributed by atoms with Crippen molar-refractivity contribution < 1.29 is 24.0 Å². The lowest BCUT2D eigenvalue weighted by atomic mass is 9.83. The van der Waals surface area contributed by atoms with Crippen LogP contribution in [0.4, 0.5) is 4.79 Å². The molecular weight excluding hydrogens is 457 g/mol. The average molecular weight is 488 g/mol. The van der Waals surface area contributed by atoms with Crippen molar-refractivity contribution in [2.45, 2.75) is 65.1 Å². The maximum Gasteiger partial charge on any atom is 0.514 e. The first-order chi connectivity index (χ1) is 12.6. The van der Waals surface area contributed by atoms with Gasteiger partial charge in [0.25, 0.3) is 0 Å². The van der Waals surface area contributed by atoms with Gasteiger partial charge in [-0.15, -0.1) is 0 Å². The van der Waals surface area contributed by atoms with E-state index < -0.39 is 11.2 Å². The van der Waals surface area contributed by atoms with E-state index in [1.807, 2.05) is 52.8 Å². The predicted molar refractivity (Wildman–Crippen MR) is 113 cm³/mol. The Morgan fingerprint density at radius 2 is 1.70 bits per heavy atom. The minimum absolute atomic E-state index is 0.172. The lowest BCUT2D eigenvalue weighted by Gasteiger charge is -2.38. The fourth-order valence-corrected chi connectivity index (χ4v) is 3.87. The Bertz CT molecular complexity index is 679. The lowest BCUT2D eigenvalue weighted by Crippen LogP contribution is -3.16. The van der Waals surface area contributed by atoms with Crippen molar-refractivity contribution in [3.05, 3.63) is 33.4 Å². The summed E-state index contributed by atoms with van der Waals surface area (Å²) in [6, 6.07) is 7.44. The second-order valence-electron chi connectivity index (χ2n) is 8.35. The van der Waals surface area contributed by atoms with Crippen LogP contribution in [0.2, 0.25) is 0 Å². The summed E-state index contributed by atoms with van der Waals surface area (Å²) in [7, 11) is 0. The number of esters is 1. The number of hydrogen-bond donors (Lipinski definition) is 1. The van der Waals surface area contributed by atoms with Crippen LogP contribution >= 0.6 is 22.6 Å². The van der Waals surface area contributed by atoms with Crippen LogP contribution in [0.5, 0.6) is 0 Å². The molecule has 0 aromatic heterocycles. The van der Waals surface area contributed by atoms with E-state index in [4.69, 9.17) is 9.47 Å². The van der Waals surface area contributed by atoms with Gasteiger partial charge in [0.2, 0.25) is 0 Å². The van der Waals surface area contributed by atoms with Gasteiger partial charge in [-0.05, 0) is 68.8 Å². The normalized spacial score (nSPS) is 20.8. The number of nitrogens with one attached hydrogen (secondary N) is 1. The molecule has 0 aliphatic carbocycles. The van der Waals surface area contributed by atoms with Crippen molar-refractivity contribution in [1.29, 1.82) is 0 Å². The monoisotopic (exact) mass is 488 g/mol. The molecule has 0 bridgehead atoms. The average Bonchev–Trinajstić information content (AvgIpc) is 2.61. The molecule has 1 aliphatic heterocycles. The van der Waals surface area contributed by atoms with Gasteiger partial charge in [0, 0.05) is 22.3 Å². The largest absolute Gasteiger partial charge is 0.514 e. The van der Waals surface area contributed by atoms with E-state index in [0.717, 1.165) is 27.7 Å². The fourth-order valence-electron chi connectivity index (χ4n) is 3.26. The van der Waals surface area contributed by atoms with Crippen molar-refractivity contribution in [2.24, 2.45) is 5.92 Å². The summed E-state index contributed by atoms with van der Waals surface area (Å²) in [6.45, 7) is 11.2. The lowest BCUT2D eigenvalue weighted by molar-refractivity contribution is -0.832. The van der Waals surface area contributed by atoms with Crippen LogP contribution in [-0.2, 0) is 9.47 Å². The summed E-state index contributed by atoms with van der Waals surface area (Å²) < 4.78 is 12.4. The molecule has 1 amide bonds. The molecule has 150 valence electrons. The number of benzene rings is 1. The summed E-state index contributed by atoms with van der Waals surface area (Å²) in [5.74, 6) is -0.0672. The second-order valence-corrected chi connectivity index (χ2v) is 9.52. The summed E-state index contributed by atoms with van der Waals surface area (Å²) in [4.78, 5) is 25.8. The maximum atomic E-state index is 12.6. The van der Waals surface area contributed by atoms with E-state index in [1.54, 1.807) is 6.07 Å². The smallest absolute Gasteiger partial charge is 0.456 e. The van der Waals surface area contributed by atoms with Crippen LogP contribution in [0.15, 0.2) is 24.3 Å². The van der Waals surface area contributed by atoms with Crippen molar-refractivity contribution in [2.75, 3.05) is 13.1 Å². The van der Waals surface area contributed by atoms with E-state index in [1.165, 1.54) is 0 Å². The van der Waals surface area contributed by atoms with E-state index in [0.29, 0.717) is 18.7 Å². The highest BCUT2D eigenvalue weighted by molar-refractivity contribution is 14.1. The van der Waals surface area contributed by atoms with E-state index >= 15 is 0 Å². The Labute approximate surface area is 175 Å². The number of alkyl carbamates (subject to hydrolysis) is 2. The van der Waals surface area contributed by atoms with Crippen LogP contribution < -0.4 is 4.90 Å². The maximum absolute atomic E-state index is 12.6. The molecule has 1 aliphatic rings. The molecule has 6 heteroatoms. The van der Waals surface area contributed by atoms with E-state index in [-0.39, 0.29) is 18.0 Å². The number of amides is 1. The molecule has 27 heavy (non-hydrogen) atoms. The number of hydrogen-bond acceptors (Lipinski definition) is 4. The third-order valence-electron chi connectivity index (χ3n) is 5.53. The van der Waals surface area contributed by atoms with Crippen LogP contribution in [0.3, 0.4) is 0 Å². The number of halogens is 1. The van der Waals surface area contributed by atoms with Crippen LogP contribution in [0.25, 0.3) is 0 Å². The molecule has 0 radical (unpaired) electrons. The molecule has 1 aromatic rings. The third kappa shape index (κ3) is 5.91. The number of carbonyl (C=O) groups excluding carboxylic acids is 2. The summed E-state index contributed by atoms with van der Waals surface area (Å²) in [5.41, 5.74) is -0.406. The van der Waals surface area contributed by atoms with Gasteiger partial charge in [-0.1, -0.05) is 19.1 Å². The first kappa shape index (κ1) is 22.1. The van der Waals surface area contributed by atoms with Gasteiger partial charge in [0.1, 0.15) is 11.2 Å². The third-order valence-corrected chi connectivity index (χ3v) is 6.47. The molecule has 1 heterocycles. The highest BCUT2D eigenvalue weighted by atomic mass is 127. The van der Waals surface area contributed by atoms with Gasteiger partial charge in [0.05, 0.1) is 18.7 Å². The highest BCUT2D eigenvalue weighted by Gasteiger charge is 2.40. The fraction of sp³-hybridized carbons (Fsp3) is 0.619. The summed E-state index contributed by atoms with van der Waals surface area (Å²) in [5, 5.41) is 0. The number of ether oxygens (including phenoxy) is 2. The zero-order chi connectivity index (χ0) is 20.2. The Morgan fingerprint density at radius 1 is 1.11 bits per heavy atom. The van der Waals surface area contributed by atoms with Crippen LogP contribution in [-0.4, -0.2) is 36.4 Å². The molecule has 1 saturated heterocycles. The van der Waals surface area contributed by atoms with E-state index in [2.05, 4.69) is 22.6 Å². The highest BCUT2D eigenvalue weighted by Crippen LogP contribution is 2.29. The SMILES string of the molecule is CCC(C)(C)OC(=O)[NH+]1CCC(C(C)(C)OC(=O)c2ccccc2I)CC1. The second kappa shape index (κ2) is 8.90. The molecular formula is C21H31INO4+. The first-order valence-corrected chi connectivity index (χ1v) is 10.7. The Hall–Kier alpha value is -1.15. The Morgan fingerprint density at radius 3 is 2.26 bits per heavy atom. The summed E-state index contributed by atoms with van der Waals surface area (Å²) in [6.07, 6.45) is 2.26. The van der Waals surface area contributed by atoms with Gasteiger partial charge in [-0.3, -0.25) is 0 Å². The van der Waals surface area contributed by atoms with Gasteiger partial charge >= 0.3 is 12.1 Å². The Kier molecular flexibility index (Phi) is 7.30. The molecule has 1 N–H and O–H groups in total. The predicted octanol–water partition coefficient (Wildman–Crippen LogP) is 3.85. The minimum atomic E-state index is -0.575. The number of rotatable bonds is 5. The van der Waals surface area contributed by atoms with Gasteiger partial charge in [-0.2, -0.15) is 4.79 Å². The van der Waals surface area contributed by atoms with Gasteiger partial charge in [-0.25, -0.2) is 9.69 Å². The molecule has 0 atom stereocenters. The van der Waals surface area contributed by atoms with Crippen LogP contribution in [0, 0.1) is 9.49 Å². The number of piperidine rings is 1.